The molecule has 1 fully saturated rings. The number of carbonyl (C=O) groups is 7. The molecule has 0 saturated carbocycles. The van der Waals surface area contributed by atoms with Gasteiger partial charge in [0.2, 0.25) is 5.91 Å². The summed E-state index contributed by atoms with van der Waals surface area (Å²) in [4.78, 5) is 139. The lowest BCUT2D eigenvalue weighted by Gasteiger charge is -2.48. The van der Waals surface area contributed by atoms with E-state index < -0.39 is 139 Å². The number of methoxy groups -OCH3 is 1. The maximum absolute atomic E-state index is 15.2. The number of amides is 5. The van der Waals surface area contributed by atoms with Gasteiger partial charge in [-0.3, -0.25) is 24.0 Å². The van der Waals surface area contributed by atoms with Gasteiger partial charge in [0.15, 0.2) is 18.1 Å². The molecule has 4 aliphatic heterocycles. The topological polar surface area (TPSA) is 406 Å². The first kappa shape index (κ1) is 70.3. The number of rotatable bonds is 9. The third-order valence-electron chi connectivity index (χ3n) is 17.5. The van der Waals surface area contributed by atoms with Crippen molar-refractivity contribution in [2.45, 2.75) is 121 Å². The number of esters is 2. The molecule has 1 aromatic carbocycles. The van der Waals surface area contributed by atoms with Gasteiger partial charge in [-0.05, 0) is 66.4 Å². The van der Waals surface area contributed by atoms with Crippen LogP contribution in [0, 0.1) is 0 Å². The van der Waals surface area contributed by atoms with Crippen molar-refractivity contribution in [3.05, 3.63) is 128 Å². The predicted octanol–water partition coefficient (Wildman–Crippen LogP) is 6.45. The Morgan fingerprint density at radius 1 is 0.812 bits per heavy atom. The number of carbonyl (C=O) groups excluding carboxylic acids is 7. The Balaban J connectivity index is 0.977. The van der Waals surface area contributed by atoms with Gasteiger partial charge in [-0.15, -0.1) is 68.0 Å². The van der Waals surface area contributed by atoms with E-state index in [-0.39, 0.29) is 105 Å². The quantitative estimate of drug-likeness (QED) is 0.0437. The van der Waals surface area contributed by atoms with E-state index in [4.69, 9.17) is 43.4 Å². The summed E-state index contributed by atoms with van der Waals surface area (Å²) in [6.45, 7) is 6.17. The van der Waals surface area contributed by atoms with E-state index >= 15 is 19.2 Å². The number of pyridine rings is 1. The van der Waals surface area contributed by atoms with Gasteiger partial charge in [-0.25, -0.2) is 44.5 Å². The van der Waals surface area contributed by atoms with Crippen molar-refractivity contribution in [1.82, 2.24) is 70.7 Å². The first-order valence-corrected chi connectivity index (χ1v) is 36.4. The van der Waals surface area contributed by atoms with E-state index in [9.17, 15) is 34.9 Å². The Morgan fingerprint density at radius 3 is 2.22 bits per heavy atom. The van der Waals surface area contributed by atoms with Crippen LogP contribution >= 0.6 is 68.0 Å². The monoisotopic (exact) mass is 1490 g/mol. The molecule has 11 atom stereocenters. The average Bonchev–Trinajstić information content (AvgIpc) is 1.21. The van der Waals surface area contributed by atoms with Crippen molar-refractivity contribution in [3.8, 4) is 38.4 Å². The number of nitrogens with zero attached hydrogens (tertiary/aromatic N) is 10. The fourth-order valence-corrected chi connectivity index (χ4v) is 17.3. The summed E-state index contributed by atoms with van der Waals surface area (Å²) < 4.78 is 38.4. The smallest absolute Gasteiger partial charge is 0.358 e. The standard InChI is InChI=1S/C64H64N14O17S6/c1-25(55-65-13-14-96-55)77(8)61(85)37-24-101-59(71-37)45-39(80)15-30-44(72-45)33-20-98-57(67-33)32-19-93-62(86)47-31-18-91-48(49(95-40-16-64(5,88)50(76(6)7)28(4)94-40)63(87)92-17-29-11-10-12-38(41(29)31)78(47)89)46(60-70-34(22-100-60)51(81)66-32)75-53(83)36-23-99-58(69-36)43(27(3)90-9)74-54(84)42(26(2)79)73-52(82)35-21-97-56(30)68-35/h10-15,20-26,28,32,40,42,46,48-50,79-80,88-89H,16-19H2,1-9H3,(H,66,81)(H,73,82)(H,74,84)(H,75,83)/b43-27+. The molecule has 0 spiro atoms. The summed E-state index contributed by atoms with van der Waals surface area (Å²) in [7, 11) is 6.48. The van der Waals surface area contributed by atoms with Crippen molar-refractivity contribution in [2.75, 3.05) is 34.9 Å². The average molecular weight is 1490 g/mol. The van der Waals surface area contributed by atoms with E-state index in [1.54, 1.807) is 69.0 Å². The molecule has 101 heavy (non-hydrogen) atoms. The van der Waals surface area contributed by atoms with Crippen LogP contribution in [-0.2, 0) is 51.2 Å². The lowest BCUT2D eigenvalue weighted by atomic mass is 9.85. The minimum absolute atomic E-state index is 0.00455. The van der Waals surface area contributed by atoms with Crippen LogP contribution in [0.4, 0.5) is 0 Å². The largest absolute Gasteiger partial charge is 0.506 e. The van der Waals surface area contributed by atoms with Gasteiger partial charge < -0.3 is 80.0 Å². The van der Waals surface area contributed by atoms with Crippen molar-refractivity contribution >= 4 is 126 Å². The van der Waals surface area contributed by atoms with Crippen LogP contribution in [0.3, 0.4) is 0 Å². The highest BCUT2D eigenvalue weighted by atomic mass is 32.1. The molecule has 0 radical (unpaired) electrons. The number of thiazole rings is 6. The second-order valence-electron chi connectivity index (χ2n) is 24.5. The number of nitrogens with one attached hydrogen (secondary N) is 4. The highest BCUT2D eigenvalue weighted by Crippen LogP contribution is 2.43. The van der Waals surface area contributed by atoms with E-state index in [1.807, 2.05) is 6.92 Å². The van der Waals surface area contributed by atoms with Crippen LogP contribution < -0.4 is 21.3 Å². The number of fused-ring (bicyclic) bond motifs is 15. The molecule has 12 heterocycles. The van der Waals surface area contributed by atoms with Gasteiger partial charge in [0.05, 0.1) is 49.1 Å². The molecule has 4 aliphatic rings. The highest BCUT2D eigenvalue weighted by Gasteiger charge is 2.50. The number of hydrogen-bond donors (Lipinski definition) is 8. The van der Waals surface area contributed by atoms with E-state index in [0.717, 1.165) is 56.7 Å². The fourth-order valence-electron chi connectivity index (χ4n) is 12.4. The molecule has 528 valence electrons. The summed E-state index contributed by atoms with van der Waals surface area (Å²) in [6.07, 6.45) is -5.85. The minimum Gasteiger partial charge on any atom is -0.506 e. The van der Waals surface area contributed by atoms with Crippen molar-refractivity contribution < 1.29 is 82.5 Å². The minimum atomic E-state index is -1.91. The third-order valence-corrected chi connectivity index (χ3v) is 22.9. The molecule has 1 saturated heterocycles. The normalized spacial score (nSPS) is 24.1. The summed E-state index contributed by atoms with van der Waals surface area (Å²) in [6, 6.07) is 0.404. The van der Waals surface area contributed by atoms with Crippen LogP contribution in [0.2, 0.25) is 0 Å². The van der Waals surface area contributed by atoms with Crippen LogP contribution in [0.1, 0.15) is 143 Å². The third kappa shape index (κ3) is 13.7. The van der Waals surface area contributed by atoms with E-state index in [1.165, 1.54) is 70.8 Å². The Labute approximate surface area is 597 Å². The van der Waals surface area contributed by atoms with E-state index in [2.05, 4.69) is 41.2 Å². The zero-order chi connectivity index (χ0) is 71.6. The first-order chi connectivity index (χ1) is 48.3. The fraction of sp³-hybridized carbons (Fsp3) is 0.375. The maximum Gasteiger partial charge on any atom is 0.358 e. The molecule has 5 amide bonds. The molecular formula is C64H64N14O17S6. The SMILES string of the molecule is CO/C(C)=C1/NC(=O)C(C(C)O)NC(=O)c2csc(n2)-c2cc(O)c(-c3nc(C(=O)N(C)C(C)c4nccs4)cs3)nc2-c2csc(n2)C2COC(=O)c3c4c5c(cccc5n3O)COC(=O)C(OC3CC(C)(O)C(N(C)C)C(C)O3)C(OC4)C(NC(=O)c3csc1n3)c1nc(cs1)C(=O)N2. The van der Waals surface area contributed by atoms with Gasteiger partial charge >= 0.3 is 11.9 Å². The predicted molar refractivity (Wildman–Crippen MR) is 367 cm³/mol. The Hall–Kier alpha value is -9.12. The number of likely N-dealkylation sites (N-methyl/N-ethyl adjacent to an activating group) is 1. The molecule has 8 aromatic heterocycles. The van der Waals surface area contributed by atoms with Gasteiger partial charge in [0.25, 0.3) is 23.6 Å². The van der Waals surface area contributed by atoms with Crippen LogP contribution in [0.15, 0.2) is 68.5 Å². The molecule has 13 rings (SSSR count). The molecule has 12 bridgehead atoms. The molecule has 31 nitrogen and oxygen atoms in total. The lowest BCUT2D eigenvalue weighted by molar-refractivity contribution is -0.280. The number of cyclic esters (lactones) is 2. The van der Waals surface area contributed by atoms with Gasteiger partial charge in [0, 0.05) is 68.5 Å². The number of aromatic nitrogens is 8. The summed E-state index contributed by atoms with van der Waals surface area (Å²) in [5, 5.41) is 68.6. The Bertz CT molecular complexity index is 4770. The summed E-state index contributed by atoms with van der Waals surface area (Å²) in [5.74, 6) is -6.65. The number of aliphatic hydroxyl groups excluding tert-OH is 1. The van der Waals surface area contributed by atoms with Crippen molar-refractivity contribution in [3.63, 3.8) is 0 Å². The summed E-state index contributed by atoms with van der Waals surface area (Å²) >= 11 is 6.10. The number of allylic oxidation sites excluding steroid dienone is 1. The van der Waals surface area contributed by atoms with Crippen molar-refractivity contribution in [1.29, 1.82) is 0 Å². The van der Waals surface area contributed by atoms with Crippen LogP contribution in [0.25, 0.3) is 49.3 Å². The number of hydrogen-bond acceptors (Lipinski definition) is 31. The van der Waals surface area contributed by atoms with Gasteiger partial charge in [-0.1, -0.05) is 12.1 Å². The molecule has 8 N–H and O–H groups in total. The van der Waals surface area contributed by atoms with Crippen LogP contribution in [0.5, 0.6) is 5.75 Å². The molecule has 9 aromatic rings. The molecule has 37 heteroatoms. The molecular weight excluding hydrogens is 1430 g/mol. The van der Waals surface area contributed by atoms with Crippen LogP contribution in [-0.4, -0.2) is 195 Å². The number of ether oxygens (including phenoxy) is 6. The highest BCUT2D eigenvalue weighted by molar-refractivity contribution is 7.14. The second-order valence-corrected chi connectivity index (χ2v) is 29.8. The second kappa shape index (κ2) is 28.4. The number of aliphatic hydroxyl groups is 2. The number of benzene rings is 1. The van der Waals surface area contributed by atoms with Crippen molar-refractivity contribution in [2.24, 2.45) is 0 Å². The Morgan fingerprint density at radius 2 is 1.50 bits per heavy atom. The zero-order valence-corrected chi connectivity index (χ0v) is 59.9. The first-order valence-electron chi connectivity index (χ1n) is 31.1. The molecule has 11 unspecified atom stereocenters. The van der Waals surface area contributed by atoms with Gasteiger partial charge in [0.1, 0.15) is 125 Å². The zero-order valence-electron chi connectivity index (χ0n) is 55.0. The molecule has 0 aliphatic carbocycles. The summed E-state index contributed by atoms with van der Waals surface area (Å²) in [5.41, 5.74) is -2.19. The number of aromatic hydroxyl groups is 1. The maximum atomic E-state index is 15.2. The van der Waals surface area contributed by atoms with E-state index in [0.29, 0.717) is 15.3 Å². The Kier molecular flexibility index (Phi) is 19.7. The lowest BCUT2D eigenvalue weighted by Crippen LogP contribution is -2.62. The van der Waals surface area contributed by atoms with Gasteiger partial charge in [-0.2, -0.15) is 4.73 Å².